The second-order valence-corrected chi connectivity index (χ2v) is 7.23. The average molecular weight is 399 g/mol. The highest BCUT2D eigenvalue weighted by atomic mass is 35.5. The molecule has 3 rings (SSSR count). The van der Waals surface area contributed by atoms with E-state index in [-0.39, 0.29) is 11.8 Å². The fraction of sp³-hybridized carbons (Fsp3) is 0.273. The minimum atomic E-state index is -0.309. The van der Waals surface area contributed by atoms with Crippen LogP contribution in [0, 0.1) is 0 Å². The molecular weight excluding hydrogens is 376 g/mol. The summed E-state index contributed by atoms with van der Waals surface area (Å²) in [6.45, 7) is 1.40. The van der Waals surface area contributed by atoms with Crippen molar-refractivity contribution < 1.29 is 14.3 Å². The smallest absolute Gasteiger partial charge is 0.248 e. The monoisotopic (exact) mass is 398 g/mol. The van der Waals surface area contributed by atoms with E-state index in [1.807, 2.05) is 24.3 Å². The van der Waals surface area contributed by atoms with Crippen LogP contribution >= 0.6 is 11.6 Å². The van der Waals surface area contributed by atoms with E-state index < -0.39 is 0 Å². The Morgan fingerprint density at radius 3 is 2.61 bits per heavy atom. The van der Waals surface area contributed by atoms with Crippen LogP contribution in [-0.4, -0.2) is 17.9 Å². The topological polar surface area (TPSA) is 67.4 Å². The van der Waals surface area contributed by atoms with E-state index in [9.17, 15) is 9.59 Å². The van der Waals surface area contributed by atoms with Crippen molar-refractivity contribution in [1.82, 2.24) is 0 Å². The molecule has 6 heteroatoms. The van der Waals surface area contributed by atoms with Crippen molar-refractivity contribution in [2.24, 2.45) is 0 Å². The molecule has 1 aliphatic carbocycles. The van der Waals surface area contributed by atoms with Crippen LogP contribution in [-0.2, 0) is 9.59 Å². The van der Waals surface area contributed by atoms with Gasteiger partial charge >= 0.3 is 0 Å². The van der Waals surface area contributed by atoms with E-state index in [1.54, 1.807) is 24.3 Å². The van der Waals surface area contributed by atoms with Crippen LogP contribution in [0.4, 0.5) is 11.4 Å². The average Bonchev–Trinajstić information content (AvgIpc) is 3.15. The molecule has 0 radical (unpaired) electrons. The number of nitrogens with one attached hydrogen (secondary N) is 2. The summed E-state index contributed by atoms with van der Waals surface area (Å²) in [6, 6.07) is 12.6. The standard InChI is InChI=1S/C22H23ClN2O3/c1-15(26)24-21-14-17(23)10-11-20(21)25-22(27)12-9-16-5-4-8-19(13-16)28-18-6-2-3-7-18/h4-5,8-14,18H,2-3,6-7H2,1H3,(H,24,26)(H,25,27). The van der Waals surface area contributed by atoms with Gasteiger partial charge < -0.3 is 15.4 Å². The van der Waals surface area contributed by atoms with Gasteiger partial charge in [0.2, 0.25) is 11.8 Å². The maximum absolute atomic E-state index is 12.3. The van der Waals surface area contributed by atoms with E-state index in [2.05, 4.69) is 10.6 Å². The molecule has 28 heavy (non-hydrogen) atoms. The van der Waals surface area contributed by atoms with Gasteiger partial charge in [-0.15, -0.1) is 0 Å². The predicted molar refractivity (Wildman–Crippen MR) is 113 cm³/mol. The largest absolute Gasteiger partial charge is 0.490 e. The summed E-state index contributed by atoms with van der Waals surface area (Å²) in [4.78, 5) is 23.6. The molecule has 2 aromatic rings. The Hall–Kier alpha value is -2.79. The lowest BCUT2D eigenvalue weighted by molar-refractivity contribution is -0.114. The Morgan fingerprint density at radius 1 is 1.07 bits per heavy atom. The highest BCUT2D eigenvalue weighted by Crippen LogP contribution is 2.26. The molecular formula is C22H23ClN2O3. The summed E-state index contributed by atoms with van der Waals surface area (Å²) < 4.78 is 6.00. The summed E-state index contributed by atoms with van der Waals surface area (Å²) in [6.07, 6.45) is 8.09. The van der Waals surface area contributed by atoms with E-state index in [0.29, 0.717) is 22.5 Å². The second-order valence-electron chi connectivity index (χ2n) is 6.79. The minimum Gasteiger partial charge on any atom is -0.490 e. The van der Waals surface area contributed by atoms with Gasteiger partial charge in [-0.05, 0) is 67.7 Å². The summed E-state index contributed by atoms with van der Waals surface area (Å²) in [5, 5.41) is 5.88. The number of rotatable bonds is 6. The summed E-state index contributed by atoms with van der Waals surface area (Å²) in [7, 11) is 0. The van der Waals surface area contributed by atoms with Gasteiger partial charge in [0.1, 0.15) is 5.75 Å². The van der Waals surface area contributed by atoms with Crippen molar-refractivity contribution in [2.45, 2.75) is 38.7 Å². The lowest BCUT2D eigenvalue weighted by Gasteiger charge is -2.13. The van der Waals surface area contributed by atoms with Gasteiger partial charge in [-0.25, -0.2) is 0 Å². The molecule has 0 aromatic heterocycles. The number of hydrogen-bond acceptors (Lipinski definition) is 3. The van der Waals surface area contributed by atoms with Gasteiger partial charge in [-0.3, -0.25) is 9.59 Å². The molecule has 1 fully saturated rings. The first-order chi connectivity index (χ1) is 13.5. The number of hydrogen-bond donors (Lipinski definition) is 2. The molecule has 0 spiro atoms. The first-order valence-electron chi connectivity index (χ1n) is 9.32. The summed E-state index contributed by atoms with van der Waals surface area (Å²) in [5.74, 6) is 0.267. The Morgan fingerprint density at radius 2 is 1.86 bits per heavy atom. The van der Waals surface area contributed by atoms with Crippen molar-refractivity contribution in [3.8, 4) is 5.75 Å². The molecule has 1 saturated carbocycles. The number of carbonyl (C=O) groups excluding carboxylic acids is 2. The van der Waals surface area contributed by atoms with Crippen molar-refractivity contribution in [2.75, 3.05) is 10.6 Å². The number of benzene rings is 2. The maximum atomic E-state index is 12.3. The molecule has 0 saturated heterocycles. The lowest BCUT2D eigenvalue weighted by Crippen LogP contribution is -2.13. The number of carbonyl (C=O) groups is 2. The molecule has 2 N–H and O–H groups in total. The predicted octanol–water partition coefficient (Wildman–Crippen LogP) is 5.27. The normalized spacial score (nSPS) is 14.2. The minimum absolute atomic E-state index is 0.243. The van der Waals surface area contributed by atoms with E-state index >= 15 is 0 Å². The lowest BCUT2D eigenvalue weighted by atomic mass is 10.2. The van der Waals surface area contributed by atoms with E-state index in [0.717, 1.165) is 24.2 Å². The SMILES string of the molecule is CC(=O)Nc1cc(Cl)ccc1NC(=O)C=Cc1cccc(OC2CCCC2)c1. The zero-order valence-corrected chi connectivity index (χ0v) is 16.5. The van der Waals surface area contributed by atoms with Gasteiger partial charge in [0.25, 0.3) is 0 Å². The Balaban J connectivity index is 1.65. The van der Waals surface area contributed by atoms with E-state index in [1.165, 1.54) is 25.8 Å². The van der Waals surface area contributed by atoms with E-state index in [4.69, 9.17) is 16.3 Å². The first kappa shape index (κ1) is 20.0. The molecule has 5 nitrogen and oxygen atoms in total. The molecule has 0 bridgehead atoms. The van der Waals surface area contributed by atoms with Crippen molar-refractivity contribution in [1.29, 1.82) is 0 Å². The maximum Gasteiger partial charge on any atom is 0.248 e. The van der Waals surface area contributed by atoms with Crippen LogP contribution in [0.1, 0.15) is 38.2 Å². The quantitative estimate of drug-likeness (QED) is 0.651. The van der Waals surface area contributed by atoms with Crippen molar-refractivity contribution in [3.63, 3.8) is 0 Å². The Bertz CT molecular complexity index is 889. The molecule has 1 aliphatic rings. The van der Waals surface area contributed by atoms with Crippen LogP contribution in [0.15, 0.2) is 48.5 Å². The second kappa shape index (κ2) is 9.42. The number of anilines is 2. The fourth-order valence-electron chi connectivity index (χ4n) is 3.16. The number of ether oxygens (including phenoxy) is 1. The number of halogens is 1. The van der Waals surface area contributed by atoms with Gasteiger partial charge in [-0.1, -0.05) is 23.7 Å². The number of amides is 2. The third-order valence-electron chi connectivity index (χ3n) is 4.44. The Labute approximate surface area is 169 Å². The van der Waals surface area contributed by atoms with Gasteiger partial charge in [0.05, 0.1) is 17.5 Å². The van der Waals surface area contributed by atoms with Crippen LogP contribution in [0.25, 0.3) is 6.08 Å². The van der Waals surface area contributed by atoms with Crippen molar-refractivity contribution in [3.05, 3.63) is 59.1 Å². The fourth-order valence-corrected chi connectivity index (χ4v) is 3.33. The van der Waals surface area contributed by atoms with Gasteiger partial charge in [-0.2, -0.15) is 0 Å². The first-order valence-corrected chi connectivity index (χ1v) is 9.70. The Kier molecular flexibility index (Phi) is 6.71. The zero-order valence-electron chi connectivity index (χ0n) is 15.7. The molecule has 0 unspecified atom stereocenters. The molecule has 0 heterocycles. The molecule has 0 aliphatic heterocycles. The van der Waals surface area contributed by atoms with Crippen molar-refractivity contribution >= 4 is 40.9 Å². The zero-order chi connectivity index (χ0) is 19.9. The van der Waals surface area contributed by atoms with Gasteiger partial charge in [0, 0.05) is 18.0 Å². The highest BCUT2D eigenvalue weighted by molar-refractivity contribution is 6.31. The summed E-state index contributed by atoms with van der Waals surface area (Å²) >= 11 is 5.96. The summed E-state index contributed by atoms with van der Waals surface area (Å²) in [5.41, 5.74) is 1.81. The highest BCUT2D eigenvalue weighted by Gasteiger charge is 2.16. The molecule has 2 aromatic carbocycles. The van der Waals surface area contributed by atoms with Crippen LogP contribution in [0.5, 0.6) is 5.75 Å². The third-order valence-corrected chi connectivity index (χ3v) is 4.68. The van der Waals surface area contributed by atoms with Crippen LogP contribution < -0.4 is 15.4 Å². The molecule has 2 amide bonds. The van der Waals surface area contributed by atoms with Crippen LogP contribution in [0.2, 0.25) is 5.02 Å². The third kappa shape index (κ3) is 5.86. The molecule has 146 valence electrons. The van der Waals surface area contributed by atoms with Gasteiger partial charge in [0.15, 0.2) is 0 Å². The van der Waals surface area contributed by atoms with Crippen LogP contribution in [0.3, 0.4) is 0 Å². The molecule has 0 atom stereocenters.